The molecule has 1 aromatic carbocycles. The summed E-state index contributed by atoms with van der Waals surface area (Å²) in [5, 5.41) is 20.7. The molecule has 1 aliphatic carbocycles. The van der Waals surface area contributed by atoms with Crippen LogP contribution >= 0.6 is 0 Å². The SMILES string of the molecule is COc1cc2cnnc(N3CC[C@@H]4C[C@]4(O)C3)c2cc1OC. The number of hydrogen-bond donors (Lipinski definition) is 1. The topological polar surface area (TPSA) is 67.7 Å². The van der Waals surface area contributed by atoms with E-state index < -0.39 is 5.60 Å². The van der Waals surface area contributed by atoms with Gasteiger partial charge in [0.25, 0.3) is 0 Å². The lowest BCUT2D eigenvalue weighted by atomic mass is 10.1. The molecule has 1 N–H and O–H groups in total. The zero-order valence-electron chi connectivity index (χ0n) is 12.7. The number of nitrogens with zero attached hydrogens (tertiary/aromatic N) is 3. The quantitative estimate of drug-likeness (QED) is 0.929. The molecule has 6 heteroatoms. The molecule has 0 radical (unpaired) electrons. The fourth-order valence-corrected chi connectivity index (χ4v) is 3.46. The summed E-state index contributed by atoms with van der Waals surface area (Å²) in [5.41, 5.74) is -0.529. The van der Waals surface area contributed by atoms with Crippen LogP contribution in [0.1, 0.15) is 12.8 Å². The van der Waals surface area contributed by atoms with Crippen LogP contribution in [-0.4, -0.2) is 48.2 Å². The normalized spacial score (nSPS) is 26.7. The highest BCUT2D eigenvalue weighted by molar-refractivity contribution is 5.94. The molecule has 6 nitrogen and oxygen atoms in total. The Kier molecular flexibility index (Phi) is 2.91. The Balaban J connectivity index is 1.80. The van der Waals surface area contributed by atoms with Gasteiger partial charge in [0.05, 0.1) is 26.0 Å². The number of anilines is 1. The van der Waals surface area contributed by atoms with E-state index in [1.54, 1.807) is 20.4 Å². The van der Waals surface area contributed by atoms with Gasteiger partial charge in [-0.25, -0.2) is 0 Å². The molecule has 22 heavy (non-hydrogen) atoms. The Morgan fingerprint density at radius 2 is 2.05 bits per heavy atom. The van der Waals surface area contributed by atoms with E-state index in [4.69, 9.17) is 9.47 Å². The summed E-state index contributed by atoms with van der Waals surface area (Å²) in [6.45, 7) is 1.52. The van der Waals surface area contributed by atoms with Crippen LogP contribution < -0.4 is 14.4 Å². The van der Waals surface area contributed by atoms with Crippen molar-refractivity contribution < 1.29 is 14.6 Å². The molecule has 2 aromatic rings. The lowest BCUT2D eigenvalue weighted by Crippen LogP contribution is -2.40. The second-order valence-corrected chi connectivity index (χ2v) is 6.18. The van der Waals surface area contributed by atoms with Crippen LogP contribution in [0.4, 0.5) is 5.82 Å². The summed E-state index contributed by atoms with van der Waals surface area (Å²) in [4.78, 5) is 2.13. The van der Waals surface area contributed by atoms with Crippen LogP contribution in [0.25, 0.3) is 10.8 Å². The molecule has 2 atom stereocenters. The van der Waals surface area contributed by atoms with Gasteiger partial charge in [-0.05, 0) is 30.9 Å². The molecule has 0 spiro atoms. The lowest BCUT2D eigenvalue weighted by molar-refractivity contribution is 0.124. The highest BCUT2D eigenvalue weighted by Crippen LogP contribution is 2.50. The molecule has 2 aliphatic rings. The van der Waals surface area contributed by atoms with Crippen LogP contribution in [0, 0.1) is 5.92 Å². The number of hydrogen-bond acceptors (Lipinski definition) is 6. The molecule has 4 rings (SSSR count). The van der Waals surface area contributed by atoms with E-state index >= 15 is 0 Å². The number of β-amino-alcohol motifs (C(OH)–C–C–N with tert-alkyl or cyclic N) is 1. The average molecular weight is 301 g/mol. The van der Waals surface area contributed by atoms with Crippen LogP contribution in [0.3, 0.4) is 0 Å². The summed E-state index contributed by atoms with van der Waals surface area (Å²) in [6.07, 6.45) is 3.63. The van der Waals surface area contributed by atoms with Gasteiger partial charge >= 0.3 is 0 Å². The van der Waals surface area contributed by atoms with Crippen molar-refractivity contribution in [1.82, 2.24) is 10.2 Å². The Morgan fingerprint density at radius 3 is 2.77 bits per heavy atom. The Morgan fingerprint density at radius 1 is 1.27 bits per heavy atom. The first-order valence-electron chi connectivity index (χ1n) is 7.49. The molecule has 116 valence electrons. The van der Waals surface area contributed by atoms with Crippen molar-refractivity contribution in [1.29, 1.82) is 0 Å². The smallest absolute Gasteiger partial charge is 0.161 e. The predicted octanol–water partition coefficient (Wildman–Crippen LogP) is 1.61. The van der Waals surface area contributed by atoms with E-state index in [1.165, 1.54) is 0 Å². The molecular weight excluding hydrogens is 282 g/mol. The second kappa shape index (κ2) is 4.71. The number of methoxy groups -OCH3 is 2. The van der Waals surface area contributed by atoms with Crippen molar-refractivity contribution in [2.75, 3.05) is 32.2 Å². The third kappa shape index (κ3) is 1.98. The predicted molar refractivity (Wildman–Crippen MR) is 82.5 cm³/mol. The standard InChI is InChI=1S/C16H19N3O3/c1-21-13-5-10-8-17-18-15(12(10)6-14(13)22-2)19-4-3-11-7-16(11,20)9-19/h5-6,8,11,20H,3-4,7,9H2,1-2H3/t11-,16+/m1/s1. The van der Waals surface area contributed by atoms with Crippen molar-refractivity contribution in [3.8, 4) is 11.5 Å². The van der Waals surface area contributed by atoms with Crippen molar-refractivity contribution in [2.45, 2.75) is 18.4 Å². The highest BCUT2D eigenvalue weighted by Gasteiger charge is 2.56. The number of aromatic nitrogens is 2. The first kappa shape index (κ1) is 13.6. The Labute approximate surface area is 128 Å². The van der Waals surface area contributed by atoms with Crippen molar-refractivity contribution in [2.24, 2.45) is 5.92 Å². The summed E-state index contributed by atoms with van der Waals surface area (Å²) in [7, 11) is 3.24. The summed E-state index contributed by atoms with van der Waals surface area (Å²) in [6, 6.07) is 3.84. The Hall–Kier alpha value is -2.08. The minimum absolute atomic E-state index is 0.460. The second-order valence-electron chi connectivity index (χ2n) is 6.18. The summed E-state index contributed by atoms with van der Waals surface area (Å²) < 4.78 is 10.7. The molecular formula is C16H19N3O3. The van der Waals surface area contributed by atoms with Gasteiger partial charge in [0, 0.05) is 23.9 Å². The first-order valence-corrected chi connectivity index (χ1v) is 7.49. The number of fused-ring (bicyclic) bond motifs is 2. The van der Waals surface area contributed by atoms with Crippen molar-refractivity contribution in [3.05, 3.63) is 18.3 Å². The molecule has 1 saturated heterocycles. The number of piperidine rings is 1. The van der Waals surface area contributed by atoms with Gasteiger partial charge < -0.3 is 19.5 Å². The third-order valence-electron chi connectivity index (χ3n) is 4.86. The monoisotopic (exact) mass is 301 g/mol. The van der Waals surface area contributed by atoms with Gasteiger partial charge in [-0.3, -0.25) is 0 Å². The molecule has 1 saturated carbocycles. The van der Waals surface area contributed by atoms with Crippen LogP contribution in [0.5, 0.6) is 11.5 Å². The number of benzene rings is 1. The van der Waals surface area contributed by atoms with Gasteiger partial charge in [0.2, 0.25) is 0 Å². The molecule has 2 heterocycles. The summed E-state index contributed by atoms with van der Waals surface area (Å²) in [5.74, 6) is 2.61. The molecule has 0 bridgehead atoms. The van der Waals surface area contributed by atoms with E-state index in [2.05, 4.69) is 15.1 Å². The highest BCUT2D eigenvalue weighted by atomic mass is 16.5. The minimum Gasteiger partial charge on any atom is -0.493 e. The molecule has 2 fully saturated rings. The molecule has 0 unspecified atom stereocenters. The lowest BCUT2D eigenvalue weighted by Gasteiger charge is -2.31. The van der Waals surface area contributed by atoms with Crippen LogP contribution in [0.15, 0.2) is 18.3 Å². The summed E-state index contributed by atoms with van der Waals surface area (Å²) >= 11 is 0. The van der Waals surface area contributed by atoms with E-state index in [0.717, 1.165) is 36.0 Å². The number of rotatable bonds is 3. The third-order valence-corrected chi connectivity index (χ3v) is 4.86. The van der Waals surface area contributed by atoms with E-state index in [-0.39, 0.29) is 0 Å². The van der Waals surface area contributed by atoms with Crippen molar-refractivity contribution in [3.63, 3.8) is 0 Å². The van der Waals surface area contributed by atoms with Gasteiger partial charge in [0.15, 0.2) is 17.3 Å². The van der Waals surface area contributed by atoms with Gasteiger partial charge in [-0.15, -0.1) is 5.10 Å². The largest absolute Gasteiger partial charge is 0.493 e. The average Bonchev–Trinajstić information content (AvgIpc) is 3.23. The van der Waals surface area contributed by atoms with Crippen LogP contribution in [-0.2, 0) is 0 Å². The maximum Gasteiger partial charge on any atom is 0.161 e. The zero-order valence-corrected chi connectivity index (χ0v) is 12.7. The van der Waals surface area contributed by atoms with Gasteiger partial charge in [0.1, 0.15) is 0 Å². The van der Waals surface area contributed by atoms with Gasteiger partial charge in [-0.2, -0.15) is 5.10 Å². The fraction of sp³-hybridized carbons (Fsp3) is 0.500. The number of aliphatic hydroxyl groups is 1. The maximum absolute atomic E-state index is 10.4. The fourth-order valence-electron chi connectivity index (χ4n) is 3.46. The first-order chi connectivity index (χ1) is 10.6. The van der Waals surface area contributed by atoms with E-state index in [9.17, 15) is 5.11 Å². The van der Waals surface area contributed by atoms with Crippen molar-refractivity contribution >= 4 is 16.6 Å². The maximum atomic E-state index is 10.4. The van der Waals surface area contributed by atoms with Crippen LogP contribution in [0.2, 0.25) is 0 Å². The minimum atomic E-state index is -0.529. The molecule has 1 aliphatic heterocycles. The van der Waals surface area contributed by atoms with E-state index in [0.29, 0.717) is 24.0 Å². The zero-order chi connectivity index (χ0) is 15.3. The Bertz CT molecular complexity index is 736. The molecule has 1 aromatic heterocycles. The van der Waals surface area contributed by atoms with Gasteiger partial charge in [-0.1, -0.05) is 0 Å². The van der Waals surface area contributed by atoms with E-state index in [1.807, 2.05) is 12.1 Å². The number of ether oxygens (including phenoxy) is 2. The molecule has 0 amide bonds.